The second-order valence-corrected chi connectivity index (χ2v) is 4.84. The molecule has 3 N–H and O–H groups in total. The summed E-state index contributed by atoms with van der Waals surface area (Å²) in [6, 6.07) is 10.2. The van der Waals surface area contributed by atoms with Gasteiger partial charge >= 0.3 is 0 Å². The molecule has 1 aromatic carbocycles. The molecule has 1 unspecified atom stereocenters. The van der Waals surface area contributed by atoms with Gasteiger partial charge in [-0.1, -0.05) is 30.3 Å². The van der Waals surface area contributed by atoms with Crippen LogP contribution < -0.4 is 11.1 Å². The molecule has 1 aliphatic rings. The van der Waals surface area contributed by atoms with Crippen molar-refractivity contribution in [3.63, 3.8) is 0 Å². The lowest BCUT2D eigenvalue weighted by Gasteiger charge is -2.16. The van der Waals surface area contributed by atoms with E-state index in [2.05, 4.69) is 17.4 Å². The fraction of sp³-hybridized carbons (Fsp3) is 0.500. The van der Waals surface area contributed by atoms with Crippen molar-refractivity contribution in [1.29, 1.82) is 0 Å². The minimum Gasteiger partial charge on any atom is -0.352 e. The van der Waals surface area contributed by atoms with Gasteiger partial charge in [-0.25, -0.2) is 0 Å². The fourth-order valence-corrected chi connectivity index (χ4v) is 1.96. The summed E-state index contributed by atoms with van der Waals surface area (Å²) in [4.78, 5) is 11.7. The van der Waals surface area contributed by atoms with Gasteiger partial charge in [0.05, 0.1) is 0 Å². The maximum Gasteiger partial charge on any atom is 0.220 e. The first-order valence-electron chi connectivity index (χ1n) is 6.31. The van der Waals surface area contributed by atoms with Crippen molar-refractivity contribution in [3.05, 3.63) is 35.9 Å². The van der Waals surface area contributed by atoms with Crippen LogP contribution in [-0.2, 0) is 11.2 Å². The quantitative estimate of drug-likeness (QED) is 0.780. The molecule has 1 aromatic rings. The lowest BCUT2D eigenvalue weighted by Crippen LogP contribution is -2.41. The predicted molar refractivity (Wildman–Crippen MR) is 68.5 cm³/mol. The Hall–Kier alpha value is -1.35. The summed E-state index contributed by atoms with van der Waals surface area (Å²) in [5.41, 5.74) is 6.92. The predicted octanol–water partition coefficient (Wildman–Crippen LogP) is 1.47. The summed E-state index contributed by atoms with van der Waals surface area (Å²) >= 11 is 0. The van der Waals surface area contributed by atoms with Gasteiger partial charge in [0, 0.05) is 19.0 Å². The molecule has 2 rings (SSSR count). The number of hydrogen-bond acceptors (Lipinski definition) is 2. The van der Waals surface area contributed by atoms with Gasteiger partial charge in [0.15, 0.2) is 0 Å². The van der Waals surface area contributed by atoms with E-state index in [1.54, 1.807) is 0 Å². The molecule has 17 heavy (non-hydrogen) atoms. The Morgan fingerprint density at radius 1 is 1.35 bits per heavy atom. The van der Waals surface area contributed by atoms with Gasteiger partial charge in [0.1, 0.15) is 0 Å². The van der Waals surface area contributed by atoms with Crippen molar-refractivity contribution in [2.75, 3.05) is 6.54 Å². The van der Waals surface area contributed by atoms with Crippen LogP contribution in [0.15, 0.2) is 30.3 Å². The Morgan fingerprint density at radius 3 is 2.65 bits per heavy atom. The minimum absolute atomic E-state index is 0.0589. The maximum absolute atomic E-state index is 11.7. The van der Waals surface area contributed by atoms with Crippen molar-refractivity contribution in [1.82, 2.24) is 5.32 Å². The summed E-state index contributed by atoms with van der Waals surface area (Å²) in [5.74, 6) is 0.782. The van der Waals surface area contributed by atoms with E-state index in [-0.39, 0.29) is 11.9 Å². The van der Waals surface area contributed by atoms with E-state index in [4.69, 9.17) is 5.73 Å². The van der Waals surface area contributed by atoms with Gasteiger partial charge in [-0.05, 0) is 30.7 Å². The molecular weight excluding hydrogens is 212 g/mol. The van der Waals surface area contributed by atoms with E-state index in [0.29, 0.717) is 18.9 Å². The first kappa shape index (κ1) is 12.1. The number of benzene rings is 1. The Kier molecular flexibility index (Phi) is 4.15. The number of nitrogens with two attached hydrogens (primary N) is 1. The molecule has 1 fully saturated rings. The zero-order valence-electron chi connectivity index (χ0n) is 10.1. The third-order valence-corrected chi connectivity index (χ3v) is 3.15. The average molecular weight is 232 g/mol. The zero-order chi connectivity index (χ0) is 12.1. The highest BCUT2D eigenvalue weighted by atomic mass is 16.1. The van der Waals surface area contributed by atoms with Gasteiger partial charge in [0.25, 0.3) is 0 Å². The molecule has 0 heterocycles. The van der Waals surface area contributed by atoms with Crippen LogP contribution in [0.4, 0.5) is 0 Å². The van der Waals surface area contributed by atoms with Crippen molar-refractivity contribution >= 4 is 5.91 Å². The first-order valence-corrected chi connectivity index (χ1v) is 6.31. The molecule has 1 saturated carbocycles. The van der Waals surface area contributed by atoms with E-state index in [0.717, 1.165) is 6.42 Å². The molecule has 0 aromatic heterocycles. The largest absolute Gasteiger partial charge is 0.352 e. The van der Waals surface area contributed by atoms with Gasteiger partial charge in [-0.15, -0.1) is 0 Å². The van der Waals surface area contributed by atoms with Gasteiger partial charge in [-0.2, -0.15) is 0 Å². The number of carbonyl (C=O) groups excluding carboxylic acids is 1. The van der Waals surface area contributed by atoms with E-state index in [1.165, 1.54) is 18.4 Å². The molecule has 0 saturated heterocycles. The molecule has 1 aliphatic carbocycles. The first-order chi connectivity index (χ1) is 8.28. The molecule has 0 spiro atoms. The Morgan fingerprint density at radius 2 is 2.06 bits per heavy atom. The Balaban J connectivity index is 1.81. The summed E-state index contributed by atoms with van der Waals surface area (Å²) in [5, 5.41) is 3.02. The van der Waals surface area contributed by atoms with Gasteiger partial charge in [-0.3, -0.25) is 4.79 Å². The fourth-order valence-electron chi connectivity index (χ4n) is 1.96. The van der Waals surface area contributed by atoms with Crippen LogP contribution in [0.3, 0.4) is 0 Å². The SMILES string of the molecule is NCC(Cc1ccccc1)NC(=O)CC1CC1. The highest BCUT2D eigenvalue weighted by molar-refractivity contribution is 5.76. The van der Waals surface area contributed by atoms with Crippen LogP contribution in [0.2, 0.25) is 0 Å². The third-order valence-electron chi connectivity index (χ3n) is 3.15. The summed E-state index contributed by atoms with van der Waals surface area (Å²) in [6.07, 6.45) is 3.90. The van der Waals surface area contributed by atoms with Gasteiger partial charge < -0.3 is 11.1 Å². The van der Waals surface area contributed by atoms with Crippen molar-refractivity contribution in [3.8, 4) is 0 Å². The molecule has 3 heteroatoms. The number of nitrogens with one attached hydrogen (secondary N) is 1. The zero-order valence-corrected chi connectivity index (χ0v) is 10.1. The molecule has 0 aliphatic heterocycles. The molecule has 0 radical (unpaired) electrons. The maximum atomic E-state index is 11.7. The second-order valence-electron chi connectivity index (χ2n) is 4.84. The van der Waals surface area contributed by atoms with Crippen molar-refractivity contribution in [2.45, 2.75) is 31.7 Å². The standard InChI is InChI=1S/C14H20N2O/c15-10-13(8-11-4-2-1-3-5-11)16-14(17)9-12-6-7-12/h1-5,12-13H,6-10,15H2,(H,16,17). The van der Waals surface area contributed by atoms with Crippen LogP contribution in [0.5, 0.6) is 0 Å². The van der Waals surface area contributed by atoms with E-state index < -0.39 is 0 Å². The van der Waals surface area contributed by atoms with Crippen LogP contribution in [0.1, 0.15) is 24.8 Å². The highest BCUT2D eigenvalue weighted by Crippen LogP contribution is 2.32. The smallest absolute Gasteiger partial charge is 0.220 e. The van der Waals surface area contributed by atoms with Crippen LogP contribution in [0, 0.1) is 5.92 Å². The summed E-state index contributed by atoms with van der Waals surface area (Å²) in [6.45, 7) is 0.491. The summed E-state index contributed by atoms with van der Waals surface area (Å²) in [7, 11) is 0. The molecule has 3 nitrogen and oxygen atoms in total. The van der Waals surface area contributed by atoms with Gasteiger partial charge in [0.2, 0.25) is 5.91 Å². The van der Waals surface area contributed by atoms with Crippen LogP contribution in [0.25, 0.3) is 0 Å². The topological polar surface area (TPSA) is 55.1 Å². The lowest BCUT2D eigenvalue weighted by atomic mass is 10.1. The molecule has 92 valence electrons. The van der Waals surface area contributed by atoms with Crippen molar-refractivity contribution in [2.24, 2.45) is 11.7 Å². The average Bonchev–Trinajstić information content (AvgIpc) is 3.13. The highest BCUT2D eigenvalue weighted by Gasteiger charge is 2.25. The Labute approximate surface area is 102 Å². The minimum atomic E-state index is 0.0589. The number of carbonyl (C=O) groups is 1. The molecule has 1 amide bonds. The number of hydrogen-bond donors (Lipinski definition) is 2. The normalized spacial score (nSPS) is 16.5. The van der Waals surface area contributed by atoms with Crippen LogP contribution >= 0.6 is 0 Å². The molecular formula is C14H20N2O. The molecule has 0 bridgehead atoms. The van der Waals surface area contributed by atoms with Crippen LogP contribution in [-0.4, -0.2) is 18.5 Å². The monoisotopic (exact) mass is 232 g/mol. The summed E-state index contributed by atoms with van der Waals surface area (Å²) < 4.78 is 0. The van der Waals surface area contributed by atoms with Crippen molar-refractivity contribution < 1.29 is 4.79 Å². The van der Waals surface area contributed by atoms with E-state index in [1.807, 2.05) is 18.2 Å². The number of amides is 1. The molecule has 1 atom stereocenters. The lowest BCUT2D eigenvalue weighted by molar-refractivity contribution is -0.122. The number of rotatable bonds is 6. The Bertz CT molecular complexity index is 360. The second kappa shape index (κ2) is 5.82. The van der Waals surface area contributed by atoms with E-state index in [9.17, 15) is 4.79 Å². The third kappa shape index (κ3) is 4.19. The van der Waals surface area contributed by atoms with E-state index >= 15 is 0 Å².